The van der Waals surface area contributed by atoms with Crippen LogP contribution in [-0.2, 0) is 11.3 Å². The van der Waals surface area contributed by atoms with Crippen molar-refractivity contribution < 1.29 is 4.79 Å². The van der Waals surface area contributed by atoms with Crippen LogP contribution in [0.25, 0.3) is 0 Å². The Labute approximate surface area is 95.5 Å². The number of hydrogen-bond acceptors (Lipinski definition) is 4. The summed E-state index contributed by atoms with van der Waals surface area (Å²) in [4.78, 5) is 19.2. The van der Waals surface area contributed by atoms with Crippen LogP contribution < -0.4 is 11.1 Å². The van der Waals surface area contributed by atoms with Crippen LogP contribution in [0.3, 0.4) is 0 Å². The highest BCUT2D eigenvalue weighted by Crippen LogP contribution is 1.98. The Morgan fingerprint density at radius 1 is 1.38 bits per heavy atom. The first-order valence-corrected chi connectivity index (χ1v) is 5.54. The molecule has 0 aromatic carbocycles. The van der Waals surface area contributed by atoms with Crippen LogP contribution in [0.2, 0.25) is 0 Å². The largest absolute Gasteiger partial charge is 0.350 e. The van der Waals surface area contributed by atoms with Crippen molar-refractivity contribution in [1.82, 2.24) is 15.3 Å². The molecular formula is C11H18N4O. The predicted octanol–water partition coefficient (Wildman–Crippen LogP) is 0.612. The summed E-state index contributed by atoms with van der Waals surface area (Å²) in [5.74, 6) is 0.0654. The van der Waals surface area contributed by atoms with Gasteiger partial charge in [-0.2, -0.15) is 0 Å². The fourth-order valence-electron chi connectivity index (χ4n) is 1.31. The molecule has 0 saturated carbocycles. The second kappa shape index (κ2) is 7.76. The van der Waals surface area contributed by atoms with Crippen molar-refractivity contribution in [2.75, 3.05) is 6.54 Å². The monoisotopic (exact) mass is 222 g/mol. The Kier molecular flexibility index (Phi) is 6.10. The van der Waals surface area contributed by atoms with Gasteiger partial charge < -0.3 is 11.1 Å². The minimum absolute atomic E-state index is 0.0654. The molecule has 0 atom stereocenters. The van der Waals surface area contributed by atoms with E-state index in [4.69, 9.17) is 5.73 Å². The van der Waals surface area contributed by atoms with Gasteiger partial charge in [0, 0.05) is 12.6 Å². The molecule has 1 aromatic rings. The predicted molar refractivity (Wildman–Crippen MR) is 61.4 cm³/mol. The molecule has 88 valence electrons. The van der Waals surface area contributed by atoms with Gasteiger partial charge in [-0.15, -0.1) is 0 Å². The van der Waals surface area contributed by atoms with Crippen LogP contribution in [0.4, 0.5) is 0 Å². The second-order valence-electron chi connectivity index (χ2n) is 3.58. The van der Waals surface area contributed by atoms with Crippen molar-refractivity contribution in [2.45, 2.75) is 32.2 Å². The third-order valence-electron chi connectivity index (χ3n) is 2.22. The summed E-state index contributed by atoms with van der Waals surface area (Å²) >= 11 is 0. The van der Waals surface area contributed by atoms with E-state index in [9.17, 15) is 4.79 Å². The SMILES string of the molecule is NCCCCCC(=O)NCc1ccncn1. The molecule has 0 aliphatic carbocycles. The topological polar surface area (TPSA) is 80.9 Å². The molecule has 1 aromatic heterocycles. The van der Waals surface area contributed by atoms with E-state index in [1.54, 1.807) is 12.3 Å². The Morgan fingerprint density at radius 3 is 2.94 bits per heavy atom. The summed E-state index contributed by atoms with van der Waals surface area (Å²) < 4.78 is 0. The zero-order valence-electron chi connectivity index (χ0n) is 9.35. The third-order valence-corrected chi connectivity index (χ3v) is 2.22. The third kappa shape index (κ3) is 5.41. The maximum absolute atomic E-state index is 11.4. The highest BCUT2D eigenvalue weighted by Gasteiger charge is 2.01. The van der Waals surface area contributed by atoms with Gasteiger partial charge in [-0.3, -0.25) is 4.79 Å². The zero-order valence-corrected chi connectivity index (χ0v) is 9.35. The lowest BCUT2D eigenvalue weighted by Gasteiger charge is -2.04. The van der Waals surface area contributed by atoms with Gasteiger partial charge in [0.2, 0.25) is 5.91 Å². The number of nitrogens with one attached hydrogen (secondary N) is 1. The average molecular weight is 222 g/mol. The van der Waals surface area contributed by atoms with E-state index in [0.717, 1.165) is 25.0 Å². The summed E-state index contributed by atoms with van der Waals surface area (Å²) in [6.07, 6.45) is 6.59. The lowest BCUT2D eigenvalue weighted by Crippen LogP contribution is -2.22. The summed E-state index contributed by atoms with van der Waals surface area (Å²) in [5.41, 5.74) is 6.19. The van der Waals surface area contributed by atoms with Crippen molar-refractivity contribution in [2.24, 2.45) is 5.73 Å². The summed E-state index contributed by atoms with van der Waals surface area (Å²) in [6.45, 7) is 1.17. The molecule has 5 nitrogen and oxygen atoms in total. The van der Waals surface area contributed by atoms with E-state index < -0.39 is 0 Å². The number of nitrogens with zero attached hydrogens (tertiary/aromatic N) is 2. The van der Waals surface area contributed by atoms with Gasteiger partial charge in [-0.1, -0.05) is 6.42 Å². The lowest BCUT2D eigenvalue weighted by atomic mass is 10.2. The molecular weight excluding hydrogens is 204 g/mol. The Morgan fingerprint density at radius 2 is 2.25 bits per heavy atom. The van der Waals surface area contributed by atoms with Crippen LogP contribution in [0, 0.1) is 0 Å². The maximum Gasteiger partial charge on any atom is 0.220 e. The van der Waals surface area contributed by atoms with Crippen LogP contribution in [-0.4, -0.2) is 22.4 Å². The Balaban J connectivity index is 2.11. The molecule has 0 saturated heterocycles. The zero-order chi connectivity index (χ0) is 11.6. The quantitative estimate of drug-likeness (QED) is 0.662. The van der Waals surface area contributed by atoms with E-state index in [2.05, 4.69) is 15.3 Å². The van der Waals surface area contributed by atoms with Gasteiger partial charge >= 0.3 is 0 Å². The van der Waals surface area contributed by atoms with E-state index in [1.165, 1.54) is 6.33 Å². The van der Waals surface area contributed by atoms with Crippen molar-refractivity contribution in [1.29, 1.82) is 0 Å². The number of hydrogen-bond donors (Lipinski definition) is 2. The van der Waals surface area contributed by atoms with E-state index in [-0.39, 0.29) is 5.91 Å². The molecule has 0 radical (unpaired) electrons. The number of unbranched alkanes of at least 4 members (excludes halogenated alkanes) is 2. The average Bonchev–Trinajstić information content (AvgIpc) is 2.33. The number of amides is 1. The molecule has 5 heteroatoms. The van der Waals surface area contributed by atoms with Gasteiger partial charge in [-0.05, 0) is 25.5 Å². The number of rotatable bonds is 7. The van der Waals surface area contributed by atoms with Crippen molar-refractivity contribution in [3.8, 4) is 0 Å². The Hall–Kier alpha value is -1.49. The molecule has 0 aliphatic heterocycles. The van der Waals surface area contributed by atoms with Gasteiger partial charge in [0.1, 0.15) is 6.33 Å². The smallest absolute Gasteiger partial charge is 0.220 e. The summed E-state index contributed by atoms with van der Waals surface area (Å²) in [5, 5.41) is 2.82. The first-order chi connectivity index (χ1) is 7.83. The van der Waals surface area contributed by atoms with Crippen LogP contribution in [0.5, 0.6) is 0 Å². The fraction of sp³-hybridized carbons (Fsp3) is 0.545. The highest BCUT2D eigenvalue weighted by atomic mass is 16.1. The molecule has 1 rings (SSSR count). The maximum atomic E-state index is 11.4. The van der Waals surface area contributed by atoms with Gasteiger partial charge in [0.05, 0.1) is 12.2 Å². The first-order valence-electron chi connectivity index (χ1n) is 5.54. The normalized spacial score (nSPS) is 10.1. The number of carbonyl (C=O) groups excluding carboxylic acids is 1. The molecule has 0 spiro atoms. The number of aromatic nitrogens is 2. The molecule has 0 bridgehead atoms. The van der Waals surface area contributed by atoms with Gasteiger partial charge in [-0.25, -0.2) is 9.97 Å². The van der Waals surface area contributed by atoms with E-state index in [1.807, 2.05) is 0 Å². The van der Waals surface area contributed by atoms with Gasteiger partial charge in [0.25, 0.3) is 0 Å². The van der Waals surface area contributed by atoms with Gasteiger partial charge in [0.15, 0.2) is 0 Å². The van der Waals surface area contributed by atoms with Crippen molar-refractivity contribution in [3.63, 3.8) is 0 Å². The number of nitrogens with two attached hydrogens (primary N) is 1. The molecule has 1 heterocycles. The Bertz CT molecular complexity index is 302. The lowest BCUT2D eigenvalue weighted by molar-refractivity contribution is -0.121. The van der Waals surface area contributed by atoms with E-state index >= 15 is 0 Å². The van der Waals surface area contributed by atoms with Crippen LogP contribution in [0.1, 0.15) is 31.4 Å². The van der Waals surface area contributed by atoms with Crippen LogP contribution >= 0.6 is 0 Å². The minimum Gasteiger partial charge on any atom is -0.350 e. The number of carbonyl (C=O) groups is 1. The standard InChI is InChI=1S/C11H18N4O/c12-6-3-1-2-4-11(16)14-8-10-5-7-13-9-15-10/h5,7,9H,1-4,6,8,12H2,(H,14,16). The fourth-order valence-corrected chi connectivity index (χ4v) is 1.31. The van der Waals surface area contributed by atoms with Crippen molar-refractivity contribution >= 4 is 5.91 Å². The van der Waals surface area contributed by atoms with E-state index in [0.29, 0.717) is 19.5 Å². The van der Waals surface area contributed by atoms with Crippen LogP contribution in [0.15, 0.2) is 18.6 Å². The highest BCUT2D eigenvalue weighted by molar-refractivity contribution is 5.75. The summed E-state index contributed by atoms with van der Waals surface area (Å²) in [6, 6.07) is 1.79. The molecule has 3 N–H and O–H groups in total. The molecule has 0 fully saturated rings. The molecule has 0 unspecified atom stereocenters. The minimum atomic E-state index is 0.0654. The molecule has 16 heavy (non-hydrogen) atoms. The molecule has 1 amide bonds. The first kappa shape index (κ1) is 12.6. The van der Waals surface area contributed by atoms with Crippen molar-refractivity contribution in [3.05, 3.63) is 24.3 Å². The molecule has 0 aliphatic rings. The second-order valence-corrected chi connectivity index (χ2v) is 3.58. The summed E-state index contributed by atoms with van der Waals surface area (Å²) in [7, 11) is 0.